The summed E-state index contributed by atoms with van der Waals surface area (Å²) >= 11 is 0. The first kappa shape index (κ1) is 11.2. The zero-order valence-electron chi connectivity index (χ0n) is 10.4. The molecule has 0 amide bonds. The van der Waals surface area contributed by atoms with E-state index in [1.165, 1.54) is 44.5 Å². The molecule has 92 valence electrons. The highest BCUT2D eigenvalue weighted by molar-refractivity contribution is 5.27. The highest BCUT2D eigenvalue weighted by atomic mass is 15.0. The van der Waals surface area contributed by atoms with Crippen molar-refractivity contribution >= 4 is 0 Å². The summed E-state index contributed by atoms with van der Waals surface area (Å²) < 4.78 is 0. The third-order valence-electron chi connectivity index (χ3n) is 4.09. The molecule has 2 N–H and O–H groups in total. The van der Waals surface area contributed by atoms with Crippen molar-refractivity contribution in [2.45, 2.75) is 31.2 Å². The molecule has 1 saturated carbocycles. The van der Waals surface area contributed by atoms with Crippen LogP contribution in [0.15, 0.2) is 30.3 Å². The van der Waals surface area contributed by atoms with E-state index < -0.39 is 0 Å². The summed E-state index contributed by atoms with van der Waals surface area (Å²) in [5.74, 6) is 1.62. The van der Waals surface area contributed by atoms with Gasteiger partial charge in [-0.3, -0.25) is 0 Å². The Morgan fingerprint density at radius 1 is 1.24 bits per heavy atom. The average molecular weight is 230 g/mol. The van der Waals surface area contributed by atoms with Gasteiger partial charge in [0.1, 0.15) is 0 Å². The predicted molar refractivity (Wildman–Crippen MR) is 71.2 cm³/mol. The second-order valence-corrected chi connectivity index (χ2v) is 5.48. The lowest BCUT2D eigenvalue weighted by Gasteiger charge is -2.23. The topological polar surface area (TPSA) is 24.1 Å². The predicted octanol–water partition coefficient (Wildman–Crippen LogP) is 2.13. The van der Waals surface area contributed by atoms with E-state index in [0.29, 0.717) is 0 Å². The smallest absolute Gasteiger partial charge is 0.0143 e. The monoisotopic (exact) mass is 230 g/mol. The van der Waals surface area contributed by atoms with Gasteiger partial charge in [-0.25, -0.2) is 0 Å². The first-order chi connectivity index (χ1) is 8.43. The van der Waals surface area contributed by atoms with Crippen molar-refractivity contribution in [2.75, 3.05) is 19.6 Å². The lowest BCUT2D eigenvalue weighted by Crippen LogP contribution is -2.36. The molecule has 3 atom stereocenters. The summed E-state index contributed by atoms with van der Waals surface area (Å²) in [5, 5.41) is 7.22. The first-order valence-electron chi connectivity index (χ1n) is 6.92. The summed E-state index contributed by atoms with van der Waals surface area (Å²) in [6, 6.07) is 11.6. The third-order valence-corrected chi connectivity index (χ3v) is 4.09. The van der Waals surface area contributed by atoms with E-state index >= 15 is 0 Å². The molecule has 1 aliphatic carbocycles. The maximum absolute atomic E-state index is 3.73. The minimum atomic E-state index is 0.735. The maximum Gasteiger partial charge on any atom is 0.0143 e. The van der Waals surface area contributed by atoms with Crippen LogP contribution in [0, 0.1) is 5.92 Å². The van der Waals surface area contributed by atoms with Gasteiger partial charge in [0.05, 0.1) is 0 Å². The SMILES string of the molecule is c1ccc([C@H]2C[C@@H]2NCC2CCCNC2)cc1. The minimum Gasteiger partial charge on any atom is -0.316 e. The van der Waals surface area contributed by atoms with Crippen LogP contribution in [0.3, 0.4) is 0 Å². The second-order valence-electron chi connectivity index (χ2n) is 5.48. The Morgan fingerprint density at radius 2 is 2.12 bits per heavy atom. The van der Waals surface area contributed by atoms with E-state index in [-0.39, 0.29) is 0 Å². The number of nitrogens with one attached hydrogen (secondary N) is 2. The number of rotatable bonds is 4. The minimum absolute atomic E-state index is 0.735. The Balaban J connectivity index is 1.43. The molecule has 0 aromatic heterocycles. The standard InChI is InChI=1S/C15H22N2/c1-2-6-13(7-3-1)14-9-15(14)17-11-12-5-4-8-16-10-12/h1-3,6-7,12,14-17H,4-5,8-11H2/t12?,14-,15+/m1/s1. The van der Waals surface area contributed by atoms with Crippen molar-refractivity contribution < 1.29 is 0 Å². The number of hydrogen-bond acceptors (Lipinski definition) is 2. The van der Waals surface area contributed by atoms with Gasteiger partial charge < -0.3 is 10.6 Å². The molecule has 1 heterocycles. The molecule has 1 aromatic carbocycles. The molecule has 2 heteroatoms. The molecular weight excluding hydrogens is 208 g/mol. The van der Waals surface area contributed by atoms with Crippen LogP contribution in [0.2, 0.25) is 0 Å². The molecule has 2 fully saturated rings. The van der Waals surface area contributed by atoms with E-state index in [1.807, 2.05) is 0 Å². The normalized spacial score (nSPS) is 32.4. The van der Waals surface area contributed by atoms with E-state index in [2.05, 4.69) is 41.0 Å². The molecule has 1 saturated heterocycles. The zero-order valence-corrected chi connectivity index (χ0v) is 10.4. The molecule has 1 aliphatic heterocycles. The third kappa shape index (κ3) is 2.88. The van der Waals surface area contributed by atoms with E-state index in [4.69, 9.17) is 0 Å². The van der Waals surface area contributed by atoms with Crippen LogP contribution in [0.1, 0.15) is 30.7 Å². The fourth-order valence-electron chi connectivity index (χ4n) is 2.91. The summed E-state index contributed by atoms with van der Waals surface area (Å²) in [4.78, 5) is 0. The molecule has 1 aromatic rings. The molecular formula is C15H22N2. The van der Waals surface area contributed by atoms with Crippen LogP contribution >= 0.6 is 0 Å². The molecule has 17 heavy (non-hydrogen) atoms. The van der Waals surface area contributed by atoms with Crippen LogP contribution in [0.5, 0.6) is 0 Å². The van der Waals surface area contributed by atoms with Gasteiger partial charge in [-0.2, -0.15) is 0 Å². The second kappa shape index (κ2) is 5.19. The first-order valence-corrected chi connectivity index (χ1v) is 6.92. The van der Waals surface area contributed by atoms with Crippen molar-refractivity contribution in [3.63, 3.8) is 0 Å². The Labute approximate surface area is 104 Å². The lowest BCUT2D eigenvalue weighted by molar-refractivity contribution is 0.359. The fraction of sp³-hybridized carbons (Fsp3) is 0.600. The fourth-order valence-corrected chi connectivity index (χ4v) is 2.91. The van der Waals surface area contributed by atoms with E-state index in [1.54, 1.807) is 0 Å². The quantitative estimate of drug-likeness (QED) is 0.828. The van der Waals surface area contributed by atoms with Gasteiger partial charge in [0, 0.05) is 12.0 Å². The molecule has 2 nitrogen and oxygen atoms in total. The van der Waals surface area contributed by atoms with Crippen LogP contribution in [-0.2, 0) is 0 Å². The van der Waals surface area contributed by atoms with E-state index in [0.717, 1.165) is 17.9 Å². The van der Waals surface area contributed by atoms with Crippen molar-refractivity contribution in [1.29, 1.82) is 0 Å². The Morgan fingerprint density at radius 3 is 2.88 bits per heavy atom. The van der Waals surface area contributed by atoms with Crippen LogP contribution in [0.4, 0.5) is 0 Å². The van der Waals surface area contributed by atoms with Gasteiger partial charge in [-0.15, -0.1) is 0 Å². The number of hydrogen-bond donors (Lipinski definition) is 2. The van der Waals surface area contributed by atoms with Crippen LogP contribution in [0.25, 0.3) is 0 Å². The maximum atomic E-state index is 3.73. The average Bonchev–Trinajstić information content (AvgIpc) is 3.18. The van der Waals surface area contributed by atoms with Crippen LogP contribution < -0.4 is 10.6 Å². The Hall–Kier alpha value is -0.860. The summed E-state index contributed by atoms with van der Waals surface area (Å²) in [6.07, 6.45) is 4.06. The largest absolute Gasteiger partial charge is 0.316 e. The summed E-state index contributed by atoms with van der Waals surface area (Å²) in [7, 11) is 0. The summed E-state index contributed by atoms with van der Waals surface area (Å²) in [6.45, 7) is 3.61. The number of benzene rings is 1. The molecule has 3 rings (SSSR count). The van der Waals surface area contributed by atoms with Gasteiger partial charge in [0.25, 0.3) is 0 Å². The van der Waals surface area contributed by atoms with Crippen molar-refractivity contribution in [1.82, 2.24) is 10.6 Å². The van der Waals surface area contributed by atoms with Gasteiger partial charge >= 0.3 is 0 Å². The number of piperidine rings is 1. The van der Waals surface area contributed by atoms with Gasteiger partial charge in [0.15, 0.2) is 0 Å². The van der Waals surface area contributed by atoms with E-state index in [9.17, 15) is 0 Å². The van der Waals surface area contributed by atoms with Crippen molar-refractivity contribution in [2.24, 2.45) is 5.92 Å². The highest BCUT2D eigenvalue weighted by Gasteiger charge is 2.37. The molecule has 0 bridgehead atoms. The summed E-state index contributed by atoms with van der Waals surface area (Å²) in [5.41, 5.74) is 1.51. The van der Waals surface area contributed by atoms with Gasteiger partial charge in [-0.1, -0.05) is 30.3 Å². The van der Waals surface area contributed by atoms with Crippen molar-refractivity contribution in [3.05, 3.63) is 35.9 Å². The van der Waals surface area contributed by atoms with Gasteiger partial charge in [-0.05, 0) is 50.4 Å². The Bertz CT molecular complexity index is 343. The molecule has 1 unspecified atom stereocenters. The molecule has 0 radical (unpaired) electrons. The van der Waals surface area contributed by atoms with Gasteiger partial charge in [0.2, 0.25) is 0 Å². The Kier molecular flexibility index (Phi) is 3.44. The zero-order chi connectivity index (χ0) is 11.5. The molecule has 0 spiro atoms. The lowest BCUT2D eigenvalue weighted by atomic mass is 10.00. The highest BCUT2D eigenvalue weighted by Crippen LogP contribution is 2.40. The molecule has 2 aliphatic rings. The van der Waals surface area contributed by atoms with Crippen molar-refractivity contribution in [3.8, 4) is 0 Å². The van der Waals surface area contributed by atoms with Crippen LogP contribution in [-0.4, -0.2) is 25.7 Å².